The van der Waals surface area contributed by atoms with Crippen LogP contribution in [0.2, 0.25) is 0 Å². The largest absolute Gasteiger partial charge is 0.497 e. The van der Waals surface area contributed by atoms with Gasteiger partial charge in [-0.1, -0.05) is 0 Å². The summed E-state index contributed by atoms with van der Waals surface area (Å²) in [7, 11) is -0.461. The zero-order chi connectivity index (χ0) is 23.0. The zero-order valence-electron chi connectivity index (χ0n) is 18.3. The van der Waals surface area contributed by atoms with Gasteiger partial charge >= 0.3 is 0 Å². The normalized spacial score (nSPS) is 14.3. The van der Waals surface area contributed by atoms with Gasteiger partial charge in [-0.15, -0.1) is 0 Å². The van der Waals surface area contributed by atoms with E-state index in [1.807, 2.05) is 24.3 Å². The molecule has 1 aliphatic heterocycles. The van der Waals surface area contributed by atoms with Gasteiger partial charge in [0.1, 0.15) is 11.5 Å². The number of hydrogen-bond donors (Lipinski definition) is 1. The summed E-state index contributed by atoms with van der Waals surface area (Å²) >= 11 is 0. The maximum Gasteiger partial charge on any atom is 0.260 e. The highest BCUT2D eigenvalue weighted by molar-refractivity contribution is 7.89. The topological polar surface area (TPSA) is 97.4 Å². The van der Waals surface area contributed by atoms with E-state index >= 15 is 0 Å². The Labute approximate surface area is 188 Å². The van der Waals surface area contributed by atoms with E-state index in [-0.39, 0.29) is 30.6 Å². The summed E-state index contributed by atoms with van der Waals surface area (Å²) in [6.45, 7) is 3.08. The number of amides is 1. The zero-order valence-corrected chi connectivity index (χ0v) is 19.1. The molecular weight excluding hydrogens is 434 g/mol. The van der Waals surface area contributed by atoms with E-state index in [0.29, 0.717) is 18.8 Å². The van der Waals surface area contributed by atoms with E-state index in [0.717, 1.165) is 24.5 Å². The molecule has 0 aliphatic carbocycles. The number of benzene rings is 2. The molecule has 3 rings (SSSR count). The molecule has 174 valence electrons. The van der Waals surface area contributed by atoms with Crippen molar-refractivity contribution in [3.05, 3.63) is 48.5 Å². The fraction of sp³-hybridized carbons (Fsp3) is 0.409. The van der Waals surface area contributed by atoms with Crippen LogP contribution in [-0.2, 0) is 19.6 Å². The minimum absolute atomic E-state index is 0.0965. The Kier molecular flexibility index (Phi) is 8.32. The van der Waals surface area contributed by atoms with Gasteiger partial charge in [-0.05, 0) is 48.5 Å². The van der Waals surface area contributed by atoms with Crippen molar-refractivity contribution in [3.8, 4) is 11.5 Å². The van der Waals surface area contributed by atoms with E-state index < -0.39 is 10.0 Å². The average molecular weight is 464 g/mol. The molecule has 1 fully saturated rings. The van der Waals surface area contributed by atoms with Crippen LogP contribution in [0.1, 0.15) is 0 Å². The van der Waals surface area contributed by atoms with Crippen molar-refractivity contribution in [3.63, 3.8) is 0 Å². The summed E-state index contributed by atoms with van der Waals surface area (Å²) in [5.74, 6) is 1.15. The number of nitrogens with one attached hydrogen (secondary N) is 1. The molecule has 1 N–H and O–H groups in total. The number of rotatable bonds is 10. The van der Waals surface area contributed by atoms with Crippen LogP contribution in [0.25, 0.3) is 0 Å². The van der Waals surface area contributed by atoms with E-state index in [2.05, 4.69) is 9.62 Å². The first-order valence-corrected chi connectivity index (χ1v) is 11.8. The Hall–Kier alpha value is -2.82. The number of anilines is 1. The Morgan fingerprint density at radius 1 is 0.938 bits per heavy atom. The van der Waals surface area contributed by atoms with E-state index in [1.54, 1.807) is 24.1 Å². The van der Waals surface area contributed by atoms with Gasteiger partial charge in [0, 0.05) is 45.5 Å². The third-order valence-corrected chi connectivity index (χ3v) is 6.64. The molecule has 32 heavy (non-hydrogen) atoms. The maximum absolute atomic E-state index is 12.5. The Morgan fingerprint density at radius 2 is 1.56 bits per heavy atom. The van der Waals surface area contributed by atoms with E-state index in [4.69, 9.17) is 14.2 Å². The predicted molar refractivity (Wildman–Crippen MR) is 121 cm³/mol. The van der Waals surface area contributed by atoms with Crippen LogP contribution < -0.4 is 19.1 Å². The van der Waals surface area contributed by atoms with Crippen LogP contribution in [0, 0.1) is 0 Å². The van der Waals surface area contributed by atoms with Crippen LogP contribution in [0.5, 0.6) is 11.5 Å². The molecule has 1 amide bonds. The highest BCUT2D eigenvalue weighted by Gasteiger charge is 2.22. The van der Waals surface area contributed by atoms with Gasteiger partial charge in [-0.3, -0.25) is 4.79 Å². The second-order valence-corrected chi connectivity index (χ2v) is 8.98. The second kappa shape index (κ2) is 11.2. The summed E-state index contributed by atoms with van der Waals surface area (Å²) < 4.78 is 42.4. The van der Waals surface area contributed by atoms with Crippen LogP contribution in [-0.4, -0.2) is 79.4 Å². The lowest BCUT2D eigenvalue weighted by Gasteiger charge is -2.36. The molecule has 0 radical (unpaired) electrons. The number of methoxy groups -OCH3 is 2. The lowest BCUT2D eigenvalue weighted by Crippen LogP contribution is -2.50. The van der Waals surface area contributed by atoms with E-state index in [1.165, 1.54) is 19.2 Å². The van der Waals surface area contributed by atoms with Crippen LogP contribution >= 0.6 is 0 Å². The molecule has 1 aliphatic rings. The lowest BCUT2D eigenvalue weighted by atomic mass is 10.2. The molecule has 0 spiro atoms. The number of carbonyl (C=O) groups is 1. The van der Waals surface area contributed by atoms with E-state index in [9.17, 15) is 13.2 Å². The second-order valence-electron chi connectivity index (χ2n) is 7.22. The molecule has 0 aromatic heterocycles. The monoisotopic (exact) mass is 463 g/mol. The molecule has 2 aromatic carbocycles. The smallest absolute Gasteiger partial charge is 0.260 e. The van der Waals surface area contributed by atoms with Gasteiger partial charge in [-0.2, -0.15) is 0 Å². The van der Waals surface area contributed by atoms with Gasteiger partial charge in [0.05, 0.1) is 18.6 Å². The summed E-state index contributed by atoms with van der Waals surface area (Å²) in [4.78, 5) is 16.6. The van der Waals surface area contributed by atoms with Crippen molar-refractivity contribution in [1.82, 2.24) is 9.62 Å². The number of nitrogens with zero attached hydrogens (tertiary/aromatic N) is 2. The lowest BCUT2D eigenvalue weighted by molar-refractivity contribution is -0.133. The number of ether oxygens (including phenoxy) is 3. The molecule has 1 saturated heterocycles. The standard InChI is InChI=1S/C22H29N3O6S/c1-29-16-11-23-32(27,28)21-9-7-20(8-10-21)31-17-22(26)25-14-12-24(13-15-25)18-3-5-19(30-2)6-4-18/h3-10,23H,11-17H2,1-2H3. The van der Waals surface area contributed by atoms with Crippen molar-refractivity contribution < 1.29 is 27.4 Å². The number of hydrogen-bond acceptors (Lipinski definition) is 7. The van der Waals surface area contributed by atoms with Gasteiger partial charge in [0.25, 0.3) is 5.91 Å². The fourth-order valence-corrected chi connectivity index (χ4v) is 4.33. The van der Waals surface area contributed by atoms with Crippen molar-refractivity contribution >= 4 is 21.6 Å². The van der Waals surface area contributed by atoms with Gasteiger partial charge in [-0.25, -0.2) is 13.1 Å². The molecule has 0 bridgehead atoms. The van der Waals surface area contributed by atoms with Crippen LogP contribution in [0.4, 0.5) is 5.69 Å². The average Bonchev–Trinajstić information content (AvgIpc) is 2.83. The van der Waals surface area contributed by atoms with Gasteiger partial charge in [0.2, 0.25) is 10.0 Å². The third kappa shape index (κ3) is 6.35. The van der Waals surface area contributed by atoms with Crippen molar-refractivity contribution in [2.45, 2.75) is 4.90 Å². The molecule has 0 unspecified atom stereocenters. The highest BCUT2D eigenvalue weighted by atomic mass is 32.2. The molecule has 2 aromatic rings. The summed E-state index contributed by atoms with van der Waals surface area (Å²) in [6, 6.07) is 13.8. The van der Waals surface area contributed by atoms with Gasteiger partial charge < -0.3 is 24.0 Å². The molecular formula is C22H29N3O6S. The van der Waals surface area contributed by atoms with Crippen LogP contribution in [0.3, 0.4) is 0 Å². The molecule has 0 atom stereocenters. The fourth-order valence-electron chi connectivity index (χ4n) is 3.32. The van der Waals surface area contributed by atoms with Crippen LogP contribution in [0.15, 0.2) is 53.4 Å². The number of carbonyl (C=O) groups excluding carboxylic acids is 1. The Bertz CT molecular complexity index is 972. The highest BCUT2D eigenvalue weighted by Crippen LogP contribution is 2.21. The first-order chi connectivity index (χ1) is 15.4. The summed E-state index contributed by atoms with van der Waals surface area (Å²) in [6.07, 6.45) is 0. The first kappa shape index (κ1) is 23.8. The van der Waals surface area contributed by atoms with Crippen molar-refractivity contribution in [2.75, 3.05) is 65.1 Å². The Morgan fingerprint density at radius 3 is 2.16 bits per heavy atom. The quantitative estimate of drug-likeness (QED) is 0.531. The van der Waals surface area contributed by atoms with Crippen molar-refractivity contribution in [2.24, 2.45) is 0 Å². The molecule has 10 heteroatoms. The minimum atomic E-state index is -3.60. The third-order valence-electron chi connectivity index (χ3n) is 5.16. The molecule has 1 heterocycles. The Balaban J connectivity index is 1.45. The minimum Gasteiger partial charge on any atom is -0.497 e. The number of sulfonamides is 1. The maximum atomic E-state index is 12.5. The molecule has 9 nitrogen and oxygen atoms in total. The van der Waals surface area contributed by atoms with Gasteiger partial charge in [0.15, 0.2) is 6.61 Å². The first-order valence-electron chi connectivity index (χ1n) is 10.3. The summed E-state index contributed by atoms with van der Waals surface area (Å²) in [5, 5.41) is 0. The number of piperazine rings is 1. The summed E-state index contributed by atoms with van der Waals surface area (Å²) in [5.41, 5.74) is 1.10. The SMILES string of the molecule is COCCNS(=O)(=O)c1ccc(OCC(=O)N2CCN(c3ccc(OC)cc3)CC2)cc1. The molecule has 0 saturated carbocycles. The van der Waals surface area contributed by atoms with Crippen molar-refractivity contribution in [1.29, 1.82) is 0 Å². The predicted octanol–water partition coefficient (Wildman–Crippen LogP) is 1.35.